The molecule has 2 N–H and O–H groups in total. The van der Waals surface area contributed by atoms with Crippen LogP contribution in [0.4, 0.5) is 0 Å². The first-order valence-electron chi connectivity index (χ1n) is 4.57. The Morgan fingerprint density at radius 2 is 1.92 bits per heavy atom. The van der Waals surface area contributed by atoms with Gasteiger partial charge < -0.3 is 14.6 Å². The lowest BCUT2D eigenvalue weighted by Crippen LogP contribution is -2.30. The molecule has 0 spiro atoms. The largest absolute Gasteiger partial charge is 0.434 e. The summed E-state index contributed by atoms with van der Waals surface area (Å²) in [6, 6.07) is 0. The molecule has 0 amide bonds. The van der Waals surface area contributed by atoms with E-state index in [0.29, 0.717) is 12.0 Å². The fourth-order valence-electron chi connectivity index (χ4n) is 1.84. The zero-order valence-corrected chi connectivity index (χ0v) is 7.86. The molecule has 0 aliphatic heterocycles. The molecule has 0 aromatic rings. The summed E-state index contributed by atoms with van der Waals surface area (Å²) in [4.78, 5) is 0. The predicted octanol–water partition coefficient (Wildman–Crippen LogP) is 0.668. The van der Waals surface area contributed by atoms with Crippen LogP contribution in [0.2, 0.25) is 0 Å². The number of hydrogen-bond donors (Lipinski definition) is 1. The summed E-state index contributed by atoms with van der Waals surface area (Å²) in [5, 5.41) is 9.39. The van der Waals surface area contributed by atoms with Crippen molar-refractivity contribution in [1.29, 1.82) is 0 Å². The Bertz CT molecular complexity index is 119. The Morgan fingerprint density at radius 3 is 2.33 bits per heavy atom. The van der Waals surface area contributed by atoms with E-state index in [9.17, 15) is 5.11 Å². The maximum Gasteiger partial charge on any atom is 0.156 e. The molecule has 72 valence electrons. The number of methoxy groups -OCH3 is 1. The molecule has 1 aliphatic rings. The zero-order chi connectivity index (χ0) is 8.97. The topological polar surface area (TPSA) is 42.3 Å². The maximum absolute atomic E-state index is 9.39. The first-order chi connectivity index (χ1) is 5.77. The summed E-state index contributed by atoms with van der Waals surface area (Å²) < 4.78 is 9.13. The third kappa shape index (κ3) is 2.44. The number of ether oxygens (including phenoxy) is 2. The van der Waals surface area contributed by atoms with Gasteiger partial charge in [0.1, 0.15) is 7.11 Å². The first-order valence-corrected chi connectivity index (χ1v) is 4.57. The van der Waals surface area contributed by atoms with E-state index in [2.05, 4.69) is 4.74 Å². The van der Waals surface area contributed by atoms with Gasteiger partial charge in [0.15, 0.2) is 12.4 Å². The minimum atomic E-state index is -0.567. The zero-order valence-electron chi connectivity index (χ0n) is 7.86. The standard InChI is InChI=1S/C9H18O3/c1-11-8-5-3-7(4-6-8)9(10)12-2/h7-10H,3-6H2,1-2H3/p+1. The van der Waals surface area contributed by atoms with Gasteiger partial charge in [-0.3, -0.25) is 0 Å². The van der Waals surface area contributed by atoms with Crippen molar-refractivity contribution in [2.45, 2.75) is 38.1 Å². The Kier molecular flexibility index (Phi) is 3.98. The van der Waals surface area contributed by atoms with Crippen LogP contribution < -0.4 is 0 Å². The average Bonchev–Trinajstić information content (AvgIpc) is 2.17. The summed E-state index contributed by atoms with van der Waals surface area (Å²) in [5.41, 5.74) is 0. The van der Waals surface area contributed by atoms with Gasteiger partial charge in [0.2, 0.25) is 0 Å². The third-order valence-corrected chi connectivity index (χ3v) is 2.75. The van der Waals surface area contributed by atoms with Crippen LogP contribution in [0, 0.1) is 5.92 Å². The third-order valence-electron chi connectivity index (χ3n) is 2.75. The Labute approximate surface area is 73.7 Å². The Balaban J connectivity index is 2.25. The highest BCUT2D eigenvalue weighted by molar-refractivity contribution is 4.73. The van der Waals surface area contributed by atoms with Crippen molar-refractivity contribution in [2.24, 2.45) is 5.92 Å². The summed E-state index contributed by atoms with van der Waals surface area (Å²) in [6.45, 7) is 0. The van der Waals surface area contributed by atoms with Crippen LogP contribution in [0.25, 0.3) is 0 Å². The second kappa shape index (κ2) is 4.80. The number of hydrogen-bond acceptors (Lipinski definition) is 2. The quantitative estimate of drug-likeness (QED) is 0.506. The van der Waals surface area contributed by atoms with Crippen LogP contribution in [-0.4, -0.2) is 36.5 Å². The van der Waals surface area contributed by atoms with E-state index in [1.807, 2.05) is 7.11 Å². The van der Waals surface area contributed by atoms with E-state index in [4.69, 9.17) is 4.74 Å². The lowest BCUT2D eigenvalue weighted by atomic mass is 9.87. The number of aliphatic hydroxyl groups excluding tert-OH is 1. The molecule has 0 saturated heterocycles. The molecule has 0 aromatic heterocycles. The van der Waals surface area contributed by atoms with Crippen molar-refractivity contribution in [3.63, 3.8) is 0 Å². The molecule has 1 fully saturated rings. The molecule has 0 aromatic carbocycles. The van der Waals surface area contributed by atoms with Gasteiger partial charge in [0.25, 0.3) is 0 Å². The van der Waals surface area contributed by atoms with Crippen LogP contribution in [0.15, 0.2) is 0 Å². The van der Waals surface area contributed by atoms with E-state index in [-0.39, 0.29) is 0 Å². The molecule has 1 unspecified atom stereocenters. The van der Waals surface area contributed by atoms with Crippen molar-refractivity contribution < 1.29 is 14.6 Å². The fraction of sp³-hybridized carbons (Fsp3) is 1.00. The minimum absolute atomic E-state index is 0.327. The van der Waals surface area contributed by atoms with Gasteiger partial charge in [0.05, 0.1) is 0 Å². The van der Waals surface area contributed by atoms with Crippen LogP contribution in [-0.2, 0) is 4.74 Å². The van der Waals surface area contributed by atoms with Gasteiger partial charge in [-0.15, -0.1) is 0 Å². The van der Waals surface area contributed by atoms with Crippen LogP contribution in [0.5, 0.6) is 0 Å². The van der Waals surface area contributed by atoms with Crippen molar-refractivity contribution in [1.82, 2.24) is 0 Å². The fourth-order valence-corrected chi connectivity index (χ4v) is 1.84. The lowest BCUT2D eigenvalue weighted by Gasteiger charge is -2.27. The van der Waals surface area contributed by atoms with Gasteiger partial charge in [-0.05, 0) is 12.8 Å². The van der Waals surface area contributed by atoms with E-state index in [1.54, 1.807) is 7.11 Å². The van der Waals surface area contributed by atoms with E-state index < -0.39 is 6.29 Å². The Hall–Kier alpha value is -0.120. The van der Waals surface area contributed by atoms with Crippen molar-refractivity contribution in [3.8, 4) is 0 Å². The summed E-state index contributed by atoms with van der Waals surface area (Å²) in [7, 11) is 3.43. The molecule has 1 aliphatic carbocycles. The molecule has 0 bridgehead atoms. The average molecular weight is 175 g/mol. The summed E-state index contributed by atoms with van der Waals surface area (Å²) in [6.07, 6.45) is 4.23. The van der Waals surface area contributed by atoms with Gasteiger partial charge in [-0.2, -0.15) is 0 Å². The first kappa shape index (κ1) is 9.96. The number of aliphatic hydroxyl groups is 3. The van der Waals surface area contributed by atoms with E-state index in [0.717, 1.165) is 25.7 Å². The second-order valence-electron chi connectivity index (χ2n) is 3.45. The Morgan fingerprint density at radius 1 is 1.33 bits per heavy atom. The van der Waals surface area contributed by atoms with Gasteiger partial charge in [-0.25, -0.2) is 0 Å². The van der Waals surface area contributed by atoms with Crippen molar-refractivity contribution in [3.05, 3.63) is 0 Å². The lowest BCUT2D eigenvalue weighted by molar-refractivity contribution is -0.143. The molecule has 3 heteroatoms. The summed E-state index contributed by atoms with van der Waals surface area (Å²) in [5.74, 6) is 0.327. The van der Waals surface area contributed by atoms with E-state index >= 15 is 0 Å². The van der Waals surface area contributed by atoms with Crippen LogP contribution in [0.1, 0.15) is 25.7 Å². The predicted molar refractivity (Wildman–Crippen MR) is 46.9 cm³/mol. The second-order valence-corrected chi connectivity index (χ2v) is 3.45. The highest BCUT2D eigenvalue weighted by Gasteiger charge is 2.28. The van der Waals surface area contributed by atoms with Crippen LogP contribution >= 0.6 is 0 Å². The summed E-state index contributed by atoms with van der Waals surface area (Å²) >= 11 is 0. The van der Waals surface area contributed by atoms with E-state index in [1.165, 1.54) is 0 Å². The monoisotopic (exact) mass is 175 g/mol. The number of rotatable bonds is 3. The molecule has 1 atom stereocenters. The minimum Gasteiger partial charge on any atom is -0.434 e. The smallest absolute Gasteiger partial charge is 0.156 e. The molecule has 0 radical (unpaired) electrons. The highest BCUT2D eigenvalue weighted by atomic mass is 16.6. The van der Waals surface area contributed by atoms with Gasteiger partial charge >= 0.3 is 0 Å². The molecular formula is C9H19O3+. The van der Waals surface area contributed by atoms with Gasteiger partial charge in [-0.1, -0.05) is 0 Å². The molecule has 0 heterocycles. The van der Waals surface area contributed by atoms with Crippen molar-refractivity contribution >= 4 is 0 Å². The van der Waals surface area contributed by atoms with Crippen LogP contribution in [0.3, 0.4) is 0 Å². The molecule has 3 nitrogen and oxygen atoms in total. The molecule has 1 saturated carbocycles. The van der Waals surface area contributed by atoms with Gasteiger partial charge in [0, 0.05) is 25.9 Å². The maximum atomic E-state index is 9.39. The molecular weight excluding hydrogens is 156 g/mol. The molecule has 12 heavy (non-hydrogen) atoms. The normalized spacial score (nSPS) is 33.2. The SMILES string of the molecule is COC(O)C1CCC([OH+]C)CC1. The highest BCUT2D eigenvalue weighted by Crippen LogP contribution is 2.27. The van der Waals surface area contributed by atoms with Crippen molar-refractivity contribution in [2.75, 3.05) is 14.2 Å². The molecule has 1 rings (SSSR count).